The summed E-state index contributed by atoms with van der Waals surface area (Å²) in [7, 11) is 1.75. The van der Waals surface area contributed by atoms with E-state index in [0.29, 0.717) is 5.75 Å². The number of ether oxygens (including phenoxy) is 1. The zero-order valence-corrected chi connectivity index (χ0v) is 12.9. The van der Waals surface area contributed by atoms with Crippen LogP contribution in [0.3, 0.4) is 0 Å². The minimum atomic E-state index is -3.55. The van der Waals surface area contributed by atoms with E-state index in [9.17, 15) is 8.42 Å². The first-order valence-corrected chi connectivity index (χ1v) is 8.64. The summed E-state index contributed by atoms with van der Waals surface area (Å²) in [6.45, 7) is 3.84. The van der Waals surface area contributed by atoms with E-state index in [0.717, 1.165) is 10.9 Å². The Labute approximate surface area is 123 Å². The maximum absolute atomic E-state index is 11.2. The number of halogens is 1. The number of para-hydroxylation sites is 1. The van der Waals surface area contributed by atoms with Crippen molar-refractivity contribution in [3.63, 3.8) is 0 Å². The van der Waals surface area contributed by atoms with Crippen LogP contribution in [0.25, 0.3) is 10.9 Å². The summed E-state index contributed by atoms with van der Waals surface area (Å²) in [6, 6.07) is 9.45. The van der Waals surface area contributed by atoms with Gasteiger partial charge < -0.3 is 4.74 Å². The molecule has 0 aliphatic heterocycles. The molecule has 108 valence electrons. The van der Waals surface area contributed by atoms with E-state index in [4.69, 9.17) is 15.4 Å². The van der Waals surface area contributed by atoms with Crippen LogP contribution in [0, 0.1) is 5.41 Å². The molecule has 6 heteroatoms. The Kier molecular flexibility index (Phi) is 4.20. The molecule has 1 heterocycles. The van der Waals surface area contributed by atoms with Gasteiger partial charge in [-0.25, -0.2) is 8.42 Å². The third kappa shape index (κ3) is 4.08. The molecule has 2 rings (SSSR count). The molecule has 0 radical (unpaired) electrons. The van der Waals surface area contributed by atoms with Crippen LogP contribution in [0.4, 0.5) is 0 Å². The maximum atomic E-state index is 11.2. The Morgan fingerprint density at radius 2 is 1.95 bits per heavy atom. The summed E-state index contributed by atoms with van der Waals surface area (Å²) >= 11 is 0. The molecule has 0 bridgehead atoms. The largest absolute Gasteiger partial charge is 0.491 e. The Hall–Kier alpha value is -1.33. The molecule has 2 aromatic rings. The van der Waals surface area contributed by atoms with Crippen LogP contribution in [0.1, 0.15) is 13.8 Å². The van der Waals surface area contributed by atoms with Crippen LogP contribution in [-0.4, -0.2) is 25.8 Å². The monoisotopic (exact) mass is 313 g/mol. The summed E-state index contributed by atoms with van der Waals surface area (Å²) < 4.78 is 28.1. The standard InChI is InChI=1S/C14H16ClNO3S/c1-14(2,10-20(15,17)18)9-19-12-7-3-5-11-6-4-8-16-13(11)12/h3-8H,9-10H2,1-2H3. The molecule has 0 saturated carbocycles. The smallest absolute Gasteiger partial charge is 0.233 e. The lowest BCUT2D eigenvalue weighted by Gasteiger charge is -2.23. The summed E-state index contributed by atoms with van der Waals surface area (Å²) in [5.74, 6) is 0.503. The minimum absolute atomic E-state index is 0.139. The van der Waals surface area contributed by atoms with Gasteiger partial charge in [-0.2, -0.15) is 0 Å². The number of fused-ring (bicyclic) bond motifs is 1. The fraction of sp³-hybridized carbons (Fsp3) is 0.357. The van der Waals surface area contributed by atoms with Gasteiger partial charge in [-0.15, -0.1) is 0 Å². The maximum Gasteiger partial charge on any atom is 0.233 e. The van der Waals surface area contributed by atoms with Crippen molar-refractivity contribution in [1.82, 2.24) is 4.98 Å². The quantitative estimate of drug-likeness (QED) is 0.795. The molecule has 1 aromatic heterocycles. The first-order valence-electron chi connectivity index (χ1n) is 6.16. The molecule has 0 aliphatic rings. The first kappa shape index (κ1) is 15.1. The minimum Gasteiger partial charge on any atom is -0.491 e. The van der Waals surface area contributed by atoms with Crippen LogP contribution >= 0.6 is 10.7 Å². The Morgan fingerprint density at radius 3 is 2.65 bits per heavy atom. The van der Waals surface area contributed by atoms with Crippen LogP contribution in [0.15, 0.2) is 36.5 Å². The average Bonchev–Trinajstić information content (AvgIpc) is 2.33. The molecule has 0 fully saturated rings. The third-order valence-electron chi connectivity index (χ3n) is 2.78. The Balaban J connectivity index is 2.17. The second kappa shape index (κ2) is 5.58. The van der Waals surface area contributed by atoms with Crippen molar-refractivity contribution in [2.45, 2.75) is 13.8 Å². The van der Waals surface area contributed by atoms with Crippen molar-refractivity contribution >= 4 is 30.6 Å². The van der Waals surface area contributed by atoms with Crippen LogP contribution < -0.4 is 4.74 Å². The molecule has 0 atom stereocenters. The number of hydrogen-bond donors (Lipinski definition) is 0. The van der Waals surface area contributed by atoms with Crippen molar-refractivity contribution in [1.29, 1.82) is 0 Å². The van der Waals surface area contributed by atoms with Crippen molar-refractivity contribution < 1.29 is 13.2 Å². The number of nitrogens with zero attached hydrogens (tertiary/aromatic N) is 1. The zero-order chi connectivity index (χ0) is 14.8. The van der Waals surface area contributed by atoms with Crippen molar-refractivity contribution in [3.8, 4) is 5.75 Å². The highest BCUT2D eigenvalue weighted by Gasteiger charge is 2.26. The molecular weight excluding hydrogens is 298 g/mol. The normalized spacial score (nSPS) is 12.6. The van der Waals surface area contributed by atoms with Crippen LogP contribution in [-0.2, 0) is 9.05 Å². The van der Waals surface area contributed by atoms with Gasteiger partial charge in [-0.1, -0.05) is 32.0 Å². The molecule has 1 aromatic carbocycles. The van der Waals surface area contributed by atoms with Crippen LogP contribution in [0.2, 0.25) is 0 Å². The topological polar surface area (TPSA) is 56.3 Å². The van der Waals surface area contributed by atoms with E-state index >= 15 is 0 Å². The summed E-state index contributed by atoms with van der Waals surface area (Å²) in [4.78, 5) is 4.29. The van der Waals surface area contributed by atoms with E-state index in [1.165, 1.54) is 0 Å². The summed E-state index contributed by atoms with van der Waals surface area (Å²) in [5.41, 5.74) is 0.192. The molecule has 0 N–H and O–H groups in total. The molecule has 20 heavy (non-hydrogen) atoms. The molecular formula is C14H16ClNO3S. The van der Waals surface area contributed by atoms with Crippen molar-refractivity contribution in [2.24, 2.45) is 5.41 Å². The Bertz CT molecular complexity index is 708. The fourth-order valence-corrected chi connectivity index (χ4v) is 3.88. The molecule has 0 spiro atoms. The van der Waals surface area contributed by atoms with Crippen molar-refractivity contribution in [3.05, 3.63) is 36.5 Å². The van der Waals surface area contributed by atoms with Crippen LogP contribution in [0.5, 0.6) is 5.75 Å². The predicted octanol–water partition coefficient (Wildman–Crippen LogP) is 3.21. The van der Waals surface area contributed by atoms with Gasteiger partial charge in [0.2, 0.25) is 9.05 Å². The number of benzene rings is 1. The summed E-state index contributed by atoms with van der Waals surface area (Å²) in [5, 5.41) is 0.979. The lowest BCUT2D eigenvalue weighted by atomic mass is 9.98. The molecule has 0 unspecified atom stereocenters. The molecule has 0 saturated heterocycles. The number of rotatable bonds is 5. The highest BCUT2D eigenvalue weighted by molar-refractivity contribution is 8.13. The van der Waals surface area contributed by atoms with Gasteiger partial charge in [0.05, 0.1) is 12.4 Å². The molecule has 0 amide bonds. The van der Waals surface area contributed by atoms with E-state index in [2.05, 4.69) is 4.98 Å². The first-order chi connectivity index (χ1) is 9.27. The lowest BCUT2D eigenvalue weighted by Crippen LogP contribution is -2.28. The van der Waals surface area contributed by atoms with Gasteiger partial charge >= 0.3 is 0 Å². The average molecular weight is 314 g/mol. The van der Waals surface area contributed by atoms with E-state index in [1.54, 1.807) is 20.0 Å². The van der Waals surface area contributed by atoms with Crippen molar-refractivity contribution in [2.75, 3.05) is 12.4 Å². The predicted molar refractivity (Wildman–Crippen MR) is 80.7 cm³/mol. The van der Waals surface area contributed by atoms with E-state index in [1.807, 2.05) is 30.3 Å². The highest BCUT2D eigenvalue weighted by Crippen LogP contribution is 2.26. The Morgan fingerprint density at radius 1 is 1.25 bits per heavy atom. The zero-order valence-electron chi connectivity index (χ0n) is 11.3. The SMILES string of the molecule is CC(C)(COc1cccc2cccnc12)CS(=O)(=O)Cl. The lowest BCUT2D eigenvalue weighted by molar-refractivity contribution is 0.202. The van der Waals surface area contributed by atoms with E-state index in [-0.39, 0.29) is 12.4 Å². The number of aromatic nitrogens is 1. The second-order valence-corrected chi connectivity index (χ2v) is 8.24. The van der Waals surface area contributed by atoms with Gasteiger partial charge in [0.1, 0.15) is 11.3 Å². The fourth-order valence-electron chi connectivity index (χ4n) is 1.97. The highest BCUT2D eigenvalue weighted by atomic mass is 35.7. The molecule has 0 aliphatic carbocycles. The molecule has 4 nitrogen and oxygen atoms in total. The second-order valence-electron chi connectivity index (χ2n) is 5.47. The van der Waals surface area contributed by atoms with Gasteiger partial charge in [0.15, 0.2) is 0 Å². The van der Waals surface area contributed by atoms with Gasteiger partial charge in [-0.3, -0.25) is 4.98 Å². The number of pyridine rings is 1. The van der Waals surface area contributed by atoms with E-state index < -0.39 is 14.5 Å². The van der Waals surface area contributed by atoms with Gasteiger partial charge in [0, 0.05) is 27.7 Å². The number of hydrogen-bond acceptors (Lipinski definition) is 4. The van der Waals surface area contributed by atoms with Gasteiger partial charge in [0.25, 0.3) is 0 Å². The van der Waals surface area contributed by atoms with Gasteiger partial charge in [-0.05, 0) is 12.1 Å². The summed E-state index contributed by atoms with van der Waals surface area (Å²) in [6.07, 6.45) is 1.70. The third-order valence-corrected chi connectivity index (χ3v) is 4.23.